The zero-order valence-electron chi connectivity index (χ0n) is 8.23. The van der Waals surface area contributed by atoms with Crippen LogP contribution in [0.3, 0.4) is 0 Å². The Balaban J connectivity index is 2.24. The summed E-state index contributed by atoms with van der Waals surface area (Å²) in [5, 5.41) is 0. The van der Waals surface area contributed by atoms with Crippen LogP contribution in [0, 0.1) is 0 Å². The molecule has 0 fully saturated rings. The Kier molecular flexibility index (Phi) is 5.80. The third-order valence-electron chi connectivity index (χ3n) is 1.62. The molecule has 0 aliphatic heterocycles. The molecule has 0 atom stereocenters. The lowest BCUT2D eigenvalue weighted by Crippen LogP contribution is -1.86. The van der Waals surface area contributed by atoms with E-state index in [-0.39, 0.29) is 4.45 Å². The lowest BCUT2D eigenvalue weighted by Gasteiger charge is -1.99. The molecular formula is C11H14OS2. The zero-order chi connectivity index (χ0) is 10.2. The van der Waals surface area contributed by atoms with Crippen LogP contribution in [-0.2, 0) is 5.75 Å². The Morgan fingerprint density at radius 3 is 2.57 bits per heavy atom. The van der Waals surface area contributed by atoms with Gasteiger partial charge in [0.15, 0.2) is 0 Å². The first kappa shape index (κ1) is 11.7. The number of thioether (sulfide) groups is 2. The molecule has 0 aliphatic carbocycles. The second-order valence-electron chi connectivity index (χ2n) is 2.87. The maximum absolute atomic E-state index is 11.3. The normalized spacial score (nSPS) is 10.1. The van der Waals surface area contributed by atoms with E-state index in [9.17, 15) is 4.79 Å². The zero-order valence-corrected chi connectivity index (χ0v) is 9.87. The highest BCUT2D eigenvalue weighted by Gasteiger charge is 2.02. The molecule has 0 bridgehead atoms. The third kappa shape index (κ3) is 4.72. The van der Waals surface area contributed by atoms with E-state index in [1.54, 1.807) is 0 Å². The number of rotatable bonds is 4. The molecule has 0 amide bonds. The lowest BCUT2D eigenvalue weighted by molar-refractivity contribution is 0.276. The molecule has 1 aromatic rings. The van der Waals surface area contributed by atoms with Crippen molar-refractivity contribution in [2.24, 2.45) is 0 Å². The third-order valence-corrected chi connectivity index (χ3v) is 3.89. The maximum atomic E-state index is 11.3. The molecule has 0 N–H and O–H groups in total. The molecule has 0 spiro atoms. The Hall–Kier alpha value is -0.410. The van der Waals surface area contributed by atoms with Crippen LogP contribution in [0.25, 0.3) is 0 Å². The summed E-state index contributed by atoms with van der Waals surface area (Å²) in [6.45, 7) is 2.09. The lowest BCUT2D eigenvalue weighted by atomic mass is 10.2. The van der Waals surface area contributed by atoms with Crippen molar-refractivity contribution < 1.29 is 4.79 Å². The molecule has 0 radical (unpaired) electrons. The second-order valence-corrected chi connectivity index (χ2v) is 5.15. The molecule has 3 heteroatoms. The smallest absolute Gasteiger partial charge is 0.246 e. The van der Waals surface area contributed by atoms with Gasteiger partial charge < -0.3 is 0 Å². The fourth-order valence-electron chi connectivity index (χ4n) is 0.944. The highest BCUT2D eigenvalue weighted by atomic mass is 32.2. The van der Waals surface area contributed by atoms with E-state index in [0.717, 1.165) is 17.9 Å². The van der Waals surface area contributed by atoms with Gasteiger partial charge in [-0.1, -0.05) is 60.8 Å². The van der Waals surface area contributed by atoms with Crippen LogP contribution in [0.2, 0.25) is 0 Å². The molecule has 76 valence electrons. The summed E-state index contributed by atoms with van der Waals surface area (Å²) >= 11 is 2.81. The SMILES string of the molecule is CCCSC(=O)SCc1ccccc1. The minimum atomic E-state index is 0.232. The van der Waals surface area contributed by atoms with E-state index < -0.39 is 0 Å². The van der Waals surface area contributed by atoms with Crippen molar-refractivity contribution in [3.8, 4) is 0 Å². The van der Waals surface area contributed by atoms with Gasteiger partial charge >= 0.3 is 0 Å². The van der Waals surface area contributed by atoms with Crippen LogP contribution in [0.5, 0.6) is 0 Å². The monoisotopic (exact) mass is 226 g/mol. The van der Waals surface area contributed by atoms with Crippen molar-refractivity contribution >= 4 is 28.0 Å². The molecule has 0 heterocycles. The summed E-state index contributed by atoms with van der Waals surface area (Å²) in [5.41, 5.74) is 1.21. The Bertz CT molecular complexity index is 272. The van der Waals surface area contributed by atoms with Gasteiger partial charge in [-0.15, -0.1) is 0 Å². The summed E-state index contributed by atoms with van der Waals surface area (Å²) in [6.07, 6.45) is 1.06. The van der Waals surface area contributed by atoms with E-state index in [1.807, 2.05) is 30.3 Å². The van der Waals surface area contributed by atoms with Crippen LogP contribution >= 0.6 is 23.5 Å². The number of carbonyl (C=O) groups excluding carboxylic acids is 1. The molecule has 0 saturated carbocycles. The molecule has 14 heavy (non-hydrogen) atoms. The summed E-state index contributed by atoms with van der Waals surface area (Å²) in [6, 6.07) is 10.1. The average Bonchev–Trinajstić information content (AvgIpc) is 2.25. The summed E-state index contributed by atoms with van der Waals surface area (Å²) < 4.78 is 0.232. The van der Waals surface area contributed by atoms with Crippen LogP contribution in [0.1, 0.15) is 18.9 Å². The molecular weight excluding hydrogens is 212 g/mol. The maximum Gasteiger partial charge on any atom is 0.246 e. The van der Waals surface area contributed by atoms with Gasteiger partial charge in [0, 0.05) is 11.5 Å². The molecule has 0 saturated heterocycles. The standard InChI is InChI=1S/C11H14OS2/c1-2-8-13-11(12)14-9-10-6-4-3-5-7-10/h3-7H,2,8-9H2,1H3. The van der Waals surface area contributed by atoms with Crippen molar-refractivity contribution in [1.29, 1.82) is 0 Å². The first-order chi connectivity index (χ1) is 6.83. The second kappa shape index (κ2) is 6.96. The van der Waals surface area contributed by atoms with E-state index in [0.29, 0.717) is 0 Å². The molecule has 0 aromatic heterocycles. The predicted molar refractivity (Wildman–Crippen MR) is 65.9 cm³/mol. The van der Waals surface area contributed by atoms with Crippen molar-refractivity contribution in [2.75, 3.05) is 5.75 Å². The van der Waals surface area contributed by atoms with Crippen LogP contribution in [0.4, 0.5) is 4.79 Å². The summed E-state index contributed by atoms with van der Waals surface area (Å²) in [4.78, 5) is 11.3. The summed E-state index contributed by atoms with van der Waals surface area (Å²) in [5.74, 6) is 1.72. The van der Waals surface area contributed by atoms with Gasteiger partial charge in [0.2, 0.25) is 4.45 Å². The number of hydrogen-bond donors (Lipinski definition) is 0. The Morgan fingerprint density at radius 1 is 1.21 bits per heavy atom. The van der Waals surface area contributed by atoms with E-state index in [1.165, 1.54) is 29.1 Å². The van der Waals surface area contributed by atoms with E-state index in [4.69, 9.17) is 0 Å². The van der Waals surface area contributed by atoms with E-state index >= 15 is 0 Å². The van der Waals surface area contributed by atoms with Crippen molar-refractivity contribution in [3.05, 3.63) is 35.9 Å². The van der Waals surface area contributed by atoms with Crippen LogP contribution in [-0.4, -0.2) is 10.2 Å². The van der Waals surface area contributed by atoms with Crippen molar-refractivity contribution in [1.82, 2.24) is 0 Å². The highest BCUT2D eigenvalue weighted by Crippen LogP contribution is 2.21. The van der Waals surface area contributed by atoms with Crippen molar-refractivity contribution in [2.45, 2.75) is 19.1 Å². The van der Waals surface area contributed by atoms with Gasteiger partial charge in [0.05, 0.1) is 0 Å². The minimum Gasteiger partial charge on any atom is -0.274 e. The fourth-order valence-corrected chi connectivity index (χ4v) is 2.55. The largest absolute Gasteiger partial charge is 0.274 e. The van der Waals surface area contributed by atoms with Gasteiger partial charge in [0.1, 0.15) is 0 Å². The summed E-state index contributed by atoms with van der Waals surface area (Å²) in [7, 11) is 0. The van der Waals surface area contributed by atoms with E-state index in [2.05, 4.69) is 6.92 Å². The number of hydrogen-bond acceptors (Lipinski definition) is 3. The minimum absolute atomic E-state index is 0.232. The number of benzene rings is 1. The van der Waals surface area contributed by atoms with Gasteiger partial charge in [-0.2, -0.15) is 0 Å². The first-order valence-electron chi connectivity index (χ1n) is 4.66. The highest BCUT2D eigenvalue weighted by molar-refractivity contribution is 8.38. The fraction of sp³-hybridized carbons (Fsp3) is 0.364. The van der Waals surface area contributed by atoms with Gasteiger partial charge in [-0.25, -0.2) is 0 Å². The Labute approximate surface area is 93.7 Å². The molecule has 1 nitrogen and oxygen atoms in total. The van der Waals surface area contributed by atoms with Gasteiger partial charge in [-0.3, -0.25) is 4.79 Å². The van der Waals surface area contributed by atoms with Crippen molar-refractivity contribution in [3.63, 3.8) is 0 Å². The average molecular weight is 226 g/mol. The molecule has 1 aromatic carbocycles. The number of carbonyl (C=O) groups is 1. The van der Waals surface area contributed by atoms with Crippen LogP contribution in [0.15, 0.2) is 30.3 Å². The molecule has 0 aliphatic rings. The molecule has 1 rings (SSSR count). The predicted octanol–water partition coefficient (Wildman–Crippen LogP) is 4.18. The quantitative estimate of drug-likeness (QED) is 0.766. The van der Waals surface area contributed by atoms with Crippen LogP contribution < -0.4 is 0 Å². The van der Waals surface area contributed by atoms with Gasteiger partial charge in [-0.05, 0) is 12.0 Å². The Morgan fingerprint density at radius 2 is 1.93 bits per heavy atom. The van der Waals surface area contributed by atoms with Gasteiger partial charge in [0.25, 0.3) is 0 Å². The first-order valence-corrected chi connectivity index (χ1v) is 6.63. The molecule has 0 unspecified atom stereocenters. The topological polar surface area (TPSA) is 17.1 Å².